The fraction of sp³-hybridized carbons (Fsp3) is 0.500. The number of aliphatic carboxylic acids is 1. The molecule has 1 heterocycles. The lowest BCUT2D eigenvalue weighted by Crippen LogP contribution is -2.51. The maximum Gasteiger partial charge on any atom is 0.410 e. The number of carbonyl (C=O) groups excluding carboxylic acids is 1. The van der Waals surface area contributed by atoms with Crippen molar-refractivity contribution in [3.63, 3.8) is 0 Å². The lowest BCUT2D eigenvalue weighted by atomic mass is 10.0. The van der Waals surface area contributed by atoms with Crippen LogP contribution >= 0.6 is 0 Å². The lowest BCUT2D eigenvalue weighted by Gasteiger charge is -2.38. The first-order chi connectivity index (χ1) is 11.7. The number of carbonyl (C=O) groups is 2. The molecule has 1 fully saturated rings. The van der Waals surface area contributed by atoms with Gasteiger partial charge in [-0.15, -0.1) is 0 Å². The van der Waals surface area contributed by atoms with E-state index < -0.39 is 17.6 Å². The first-order valence-electron chi connectivity index (χ1n) is 8.16. The second-order valence-corrected chi connectivity index (χ2v) is 6.98. The van der Waals surface area contributed by atoms with Gasteiger partial charge in [-0.3, -0.25) is 9.69 Å². The predicted octanol–water partition coefficient (Wildman–Crippen LogP) is 2.24. The highest BCUT2D eigenvalue weighted by molar-refractivity contribution is 5.75. The molecule has 7 nitrogen and oxygen atoms in total. The van der Waals surface area contributed by atoms with Crippen molar-refractivity contribution in [2.24, 2.45) is 0 Å². The topological polar surface area (TPSA) is 93.9 Å². The van der Waals surface area contributed by atoms with Gasteiger partial charge in [0.2, 0.25) is 0 Å². The molecule has 1 saturated heterocycles. The van der Waals surface area contributed by atoms with Crippen molar-refractivity contribution in [3.8, 4) is 6.07 Å². The summed E-state index contributed by atoms with van der Waals surface area (Å²) in [6.45, 7) is 7.14. The molecule has 25 heavy (non-hydrogen) atoms. The predicted molar refractivity (Wildman–Crippen MR) is 90.9 cm³/mol. The van der Waals surface area contributed by atoms with Gasteiger partial charge in [0.15, 0.2) is 0 Å². The molecule has 0 saturated carbocycles. The van der Waals surface area contributed by atoms with Crippen LogP contribution in [0.15, 0.2) is 24.3 Å². The summed E-state index contributed by atoms with van der Waals surface area (Å²) in [5, 5.41) is 18.5. The Kier molecular flexibility index (Phi) is 5.65. The van der Waals surface area contributed by atoms with Crippen molar-refractivity contribution < 1.29 is 19.4 Å². The molecule has 0 aliphatic carbocycles. The standard InChI is InChI=1S/C18H23N3O4/c1-18(2,3)25-17(24)21-10-8-20(9-11-21)15(16(22)23)14-6-4-13(12-19)5-7-14/h4-7,15H,8-11H2,1-3H3,(H,22,23). The zero-order valence-corrected chi connectivity index (χ0v) is 14.7. The zero-order valence-electron chi connectivity index (χ0n) is 14.7. The third-order valence-corrected chi connectivity index (χ3v) is 3.92. The number of nitrogens with zero attached hydrogens (tertiary/aromatic N) is 3. The van der Waals surface area contributed by atoms with E-state index in [1.165, 1.54) is 0 Å². The van der Waals surface area contributed by atoms with E-state index in [0.717, 1.165) is 0 Å². The molecular formula is C18H23N3O4. The molecule has 134 valence electrons. The van der Waals surface area contributed by atoms with E-state index in [9.17, 15) is 14.7 Å². The van der Waals surface area contributed by atoms with E-state index in [0.29, 0.717) is 37.3 Å². The molecule has 7 heteroatoms. The molecule has 1 atom stereocenters. The quantitative estimate of drug-likeness (QED) is 0.903. The van der Waals surface area contributed by atoms with E-state index in [2.05, 4.69) is 0 Å². The minimum absolute atomic E-state index is 0.377. The van der Waals surface area contributed by atoms with Crippen LogP contribution in [0.25, 0.3) is 0 Å². The Balaban J connectivity index is 2.04. The van der Waals surface area contributed by atoms with Crippen LogP contribution in [0, 0.1) is 11.3 Å². The number of carboxylic acid groups (broad SMARTS) is 1. The summed E-state index contributed by atoms with van der Waals surface area (Å²) in [4.78, 5) is 27.3. The minimum atomic E-state index is -0.949. The summed E-state index contributed by atoms with van der Waals surface area (Å²) in [7, 11) is 0. The fourth-order valence-corrected chi connectivity index (χ4v) is 2.74. The van der Waals surface area contributed by atoms with Gasteiger partial charge in [0.05, 0.1) is 11.6 Å². The number of hydrogen-bond acceptors (Lipinski definition) is 5. The van der Waals surface area contributed by atoms with E-state index >= 15 is 0 Å². The Morgan fingerprint density at radius 1 is 1.16 bits per heavy atom. The Morgan fingerprint density at radius 3 is 2.16 bits per heavy atom. The van der Waals surface area contributed by atoms with E-state index in [4.69, 9.17) is 10.00 Å². The fourth-order valence-electron chi connectivity index (χ4n) is 2.74. The molecule has 2 rings (SSSR count). The summed E-state index contributed by atoms with van der Waals surface area (Å²) < 4.78 is 5.35. The molecule has 1 unspecified atom stereocenters. The van der Waals surface area contributed by atoms with Crippen LogP contribution in [0.2, 0.25) is 0 Å². The normalized spacial score (nSPS) is 16.8. The number of rotatable bonds is 3. The van der Waals surface area contributed by atoms with Crippen molar-refractivity contribution in [2.45, 2.75) is 32.4 Å². The number of carboxylic acids is 1. The average molecular weight is 345 g/mol. The zero-order chi connectivity index (χ0) is 18.6. The first kappa shape index (κ1) is 18.7. The second kappa shape index (κ2) is 7.53. The SMILES string of the molecule is CC(C)(C)OC(=O)N1CCN(C(C(=O)O)c2ccc(C#N)cc2)CC1. The highest BCUT2D eigenvalue weighted by Gasteiger charge is 2.32. The summed E-state index contributed by atoms with van der Waals surface area (Å²) >= 11 is 0. The molecule has 1 N–H and O–H groups in total. The molecule has 1 aliphatic rings. The van der Waals surface area contributed by atoms with Gasteiger partial charge in [0.25, 0.3) is 0 Å². The lowest BCUT2D eigenvalue weighted by molar-refractivity contribution is -0.144. The van der Waals surface area contributed by atoms with Crippen LogP contribution in [0.5, 0.6) is 0 Å². The van der Waals surface area contributed by atoms with E-state index in [1.54, 1.807) is 29.2 Å². The largest absolute Gasteiger partial charge is 0.480 e. The van der Waals surface area contributed by atoms with Gasteiger partial charge in [-0.05, 0) is 38.5 Å². The molecule has 1 aromatic rings. The van der Waals surface area contributed by atoms with Crippen molar-refractivity contribution >= 4 is 12.1 Å². The summed E-state index contributed by atoms with van der Waals surface area (Å²) in [5.74, 6) is -0.949. The molecule has 1 amide bonds. The van der Waals surface area contributed by atoms with Gasteiger partial charge in [-0.2, -0.15) is 5.26 Å². The molecule has 0 bridgehead atoms. The van der Waals surface area contributed by atoms with E-state index in [1.807, 2.05) is 31.7 Å². The highest BCUT2D eigenvalue weighted by Crippen LogP contribution is 2.23. The minimum Gasteiger partial charge on any atom is -0.480 e. The van der Waals surface area contributed by atoms with Crippen LogP contribution in [-0.2, 0) is 9.53 Å². The molecule has 1 aliphatic heterocycles. The van der Waals surface area contributed by atoms with Crippen molar-refractivity contribution in [3.05, 3.63) is 35.4 Å². The monoisotopic (exact) mass is 345 g/mol. The van der Waals surface area contributed by atoms with Crippen LogP contribution in [0.4, 0.5) is 4.79 Å². The number of benzene rings is 1. The average Bonchev–Trinajstić information content (AvgIpc) is 2.54. The van der Waals surface area contributed by atoms with Gasteiger partial charge < -0.3 is 14.7 Å². The van der Waals surface area contributed by atoms with E-state index in [-0.39, 0.29) is 6.09 Å². The van der Waals surface area contributed by atoms with Crippen molar-refractivity contribution in [1.29, 1.82) is 5.26 Å². The van der Waals surface area contributed by atoms with Crippen LogP contribution in [-0.4, -0.2) is 58.7 Å². The third kappa shape index (κ3) is 4.94. The molecule has 0 aromatic heterocycles. The number of piperazine rings is 1. The van der Waals surface area contributed by atoms with Gasteiger partial charge in [-0.25, -0.2) is 4.79 Å². The molecule has 1 aromatic carbocycles. The summed E-state index contributed by atoms with van der Waals surface area (Å²) in [6, 6.07) is 7.78. The Morgan fingerprint density at radius 2 is 1.72 bits per heavy atom. The summed E-state index contributed by atoms with van der Waals surface area (Å²) in [6.07, 6.45) is -0.377. The first-order valence-corrected chi connectivity index (χ1v) is 8.16. The van der Waals surface area contributed by atoms with Crippen LogP contribution in [0.3, 0.4) is 0 Å². The number of hydrogen-bond donors (Lipinski definition) is 1. The third-order valence-electron chi connectivity index (χ3n) is 3.92. The maximum absolute atomic E-state index is 12.1. The highest BCUT2D eigenvalue weighted by atomic mass is 16.6. The Hall–Kier alpha value is -2.59. The summed E-state index contributed by atoms with van der Waals surface area (Å²) in [5.41, 5.74) is 0.556. The molecular weight excluding hydrogens is 322 g/mol. The Labute approximate surface area is 147 Å². The number of amides is 1. The van der Waals surface area contributed by atoms with Crippen molar-refractivity contribution in [1.82, 2.24) is 9.80 Å². The van der Waals surface area contributed by atoms with Crippen LogP contribution in [0.1, 0.15) is 37.9 Å². The van der Waals surface area contributed by atoms with Gasteiger partial charge in [0.1, 0.15) is 11.6 Å². The van der Waals surface area contributed by atoms with Gasteiger partial charge in [0, 0.05) is 26.2 Å². The second-order valence-electron chi connectivity index (χ2n) is 6.98. The smallest absolute Gasteiger partial charge is 0.410 e. The molecule has 0 radical (unpaired) electrons. The Bertz CT molecular complexity index is 665. The number of ether oxygens (including phenoxy) is 1. The number of nitriles is 1. The van der Waals surface area contributed by atoms with Gasteiger partial charge in [-0.1, -0.05) is 12.1 Å². The maximum atomic E-state index is 12.1. The van der Waals surface area contributed by atoms with Gasteiger partial charge >= 0.3 is 12.1 Å². The molecule has 0 spiro atoms. The van der Waals surface area contributed by atoms with Crippen LogP contribution < -0.4 is 0 Å². The van der Waals surface area contributed by atoms with Crippen molar-refractivity contribution in [2.75, 3.05) is 26.2 Å².